The SMILES string of the molecule is COCCC(C)(O)CNC(=O)CCc1c(C)noc1C. The average Bonchev–Trinajstić information content (AvgIpc) is 2.71. The van der Waals surface area contributed by atoms with Crippen molar-refractivity contribution in [3.8, 4) is 0 Å². The smallest absolute Gasteiger partial charge is 0.220 e. The van der Waals surface area contributed by atoms with Crippen molar-refractivity contribution in [3.05, 3.63) is 17.0 Å². The minimum Gasteiger partial charge on any atom is -0.388 e. The predicted molar refractivity (Wildman–Crippen MR) is 74.4 cm³/mol. The molecule has 0 bridgehead atoms. The van der Waals surface area contributed by atoms with E-state index in [1.54, 1.807) is 14.0 Å². The Kier molecular flexibility index (Phi) is 6.16. The lowest BCUT2D eigenvalue weighted by molar-refractivity contribution is -0.122. The van der Waals surface area contributed by atoms with E-state index in [9.17, 15) is 9.90 Å². The number of nitrogens with zero attached hydrogens (tertiary/aromatic N) is 1. The molecule has 114 valence electrons. The molecule has 1 aromatic heterocycles. The minimum atomic E-state index is -0.950. The first-order valence-electron chi connectivity index (χ1n) is 6.75. The number of aliphatic hydroxyl groups is 1. The Bertz CT molecular complexity index is 421. The summed E-state index contributed by atoms with van der Waals surface area (Å²) >= 11 is 0. The minimum absolute atomic E-state index is 0.0947. The summed E-state index contributed by atoms with van der Waals surface area (Å²) in [5, 5.41) is 16.6. The van der Waals surface area contributed by atoms with Crippen LogP contribution < -0.4 is 5.32 Å². The zero-order valence-electron chi connectivity index (χ0n) is 12.7. The molecule has 1 atom stereocenters. The highest BCUT2D eigenvalue weighted by Gasteiger charge is 2.21. The largest absolute Gasteiger partial charge is 0.388 e. The highest BCUT2D eigenvalue weighted by molar-refractivity contribution is 5.76. The zero-order valence-corrected chi connectivity index (χ0v) is 12.7. The molecule has 0 aliphatic carbocycles. The molecule has 20 heavy (non-hydrogen) atoms. The molecule has 1 aromatic rings. The Morgan fingerprint density at radius 3 is 2.75 bits per heavy atom. The van der Waals surface area contributed by atoms with Gasteiger partial charge in [0.15, 0.2) is 0 Å². The fourth-order valence-corrected chi connectivity index (χ4v) is 1.89. The van der Waals surface area contributed by atoms with Crippen molar-refractivity contribution in [2.24, 2.45) is 0 Å². The molecule has 0 saturated carbocycles. The van der Waals surface area contributed by atoms with E-state index < -0.39 is 5.60 Å². The maximum atomic E-state index is 11.8. The van der Waals surface area contributed by atoms with Crippen molar-refractivity contribution in [2.75, 3.05) is 20.3 Å². The van der Waals surface area contributed by atoms with Gasteiger partial charge in [0.2, 0.25) is 5.91 Å². The molecule has 1 heterocycles. The second-order valence-electron chi connectivity index (χ2n) is 5.32. The van der Waals surface area contributed by atoms with E-state index in [-0.39, 0.29) is 12.5 Å². The predicted octanol–water partition coefficient (Wildman–Crippen LogP) is 1.13. The Morgan fingerprint density at radius 1 is 1.50 bits per heavy atom. The number of nitrogens with one attached hydrogen (secondary N) is 1. The fraction of sp³-hybridized carbons (Fsp3) is 0.714. The second-order valence-corrected chi connectivity index (χ2v) is 5.32. The van der Waals surface area contributed by atoms with Crippen LogP contribution in [0, 0.1) is 13.8 Å². The van der Waals surface area contributed by atoms with Gasteiger partial charge in [-0.15, -0.1) is 0 Å². The quantitative estimate of drug-likeness (QED) is 0.747. The van der Waals surface area contributed by atoms with Gasteiger partial charge in [-0.25, -0.2) is 0 Å². The third-order valence-electron chi connectivity index (χ3n) is 3.29. The van der Waals surface area contributed by atoms with Crippen molar-refractivity contribution in [1.82, 2.24) is 10.5 Å². The van der Waals surface area contributed by atoms with Crippen LogP contribution >= 0.6 is 0 Å². The van der Waals surface area contributed by atoms with E-state index >= 15 is 0 Å². The molecule has 0 aromatic carbocycles. The standard InChI is InChI=1S/C14H24N2O4/c1-10-12(11(2)20-16-10)5-6-13(17)15-9-14(3,18)7-8-19-4/h18H,5-9H2,1-4H3,(H,15,17). The van der Waals surface area contributed by atoms with Gasteiger partial charge in [0.05, 0.1) is 11.3 Å². The molecule has 0 radical (unpaired) electrons. The Morgan fingerprint density at radius 2 is 2.20 bits per heavy atom. The van der Waals surface area contributed by atoms with Crippen molar-refractivity contribution >= 4 is 5.91 Å². The van der Waals surface area contributed by atoms with Crippen LogP contribution in [0.25, 0.3) is 0 Å². The molecule has 0 aliphatic rings. The molecular weight excluding hydrogens is 260 g/mol. The van der Waals surface area contributed by atoms with Gasteiger partial charge in [-0.2, -0.15) is 0 Å². The first-order valence-corrected chi connectivity index (χ1v) is 6.75. The number of methoxy groups -OCH3 is 1. The topological polar surface area (TPSA) is 84.6 Å². The van der Waals surface area contributed by atoms with Crippen LogP contribution in [-0.4, -0.2) is 42.0 Å². The summed E-state index contributed by atoms with van der Waals surface area (Å²) in [6, 6.07) is 0. The van der Waals surface area contributed by atoms with Crippen LogP contribution in [-0.2, 0) is 16.0 Å². The average molecular weight is 284 g/mol. The number of ether oxygens (including phenoxy) is 1. The van der Waals surface area contributed by atoms with Gasteiger partial charge < -0.3 is 19.7 Å². The van der Waals surface area contributed by atoms with Crippen LogP contribution in [0.1, 0.15) is 36.8 Å². The third-order valence-corrected chi connectivity index (χ3v) is 3.29. The van der Waals surface area contributed by atoms with Crippen molar-refractivity contribution in [2.45, 2.75) is 45.6 Å². The number of amides is 1. The van der Waals surface area contributed by atoms with Crippen molar-refractivity contribution in [1.29, 1.82) is 0 Å². The first-order chi connectivity index (χ1) is 9.35. The summed E-state index contributed by atoms with van der Waals surface area (Å²) in [6.07, 6.45) is 1.42. The Labute approximate surface area is 119 Å². The Hall–Kier alpha value is -1.40. The summed E-state index contributed by atoms with van der Waals surface area (Å²) in [5.41, 5.74) is 0.850. The molecule has 6 nitrogen and oxygen atoms in total. The van der Waals surface area contributed by atoms with E-state index in [4.69, 9.17) is 9.26 Å². The molecule has 0 fully saturated rings. The molecule has 1 amide bonds. The zero-order chi connectivity index (χ0) is 15.2. The lowest BCUT2D eigenvalue weighted by Crippen LogP contribution is -2.41. The van der Waals surface area contributed by atoms with Crippen LogP contribution in [0.15, 0.2) is 4.52 Å². The maximum absolute atomic E-state index is 11.8. The van der Waals surface area contributed by atoms with E-state index in [0.29, 0.717) is 25.9 Å². The van der Waals surface area contributed by atoms with Crippen molar-refractivity contribution < 1.29 is 19.2 Å². The Balaban J connectivity index is 2.34. The number of hydrogen-bond acceptors (Lipinski definition) is 5. The van der Waals surface area contributed by atoms with E-state index in [0.717, 1.165) is 17.0 Å². The monoisotopic (exact) mass is 284 g/mol. The van der Waals surface area contributed by atoms with Gasteiger partial charge in [-0.05, 0) is 27.2 Å². The summed E-state index contributed by atoms with van der Waals surface area (Å²) in [6.45, 7) is 6.06. The summed E-state index contributed by atoms with van der Waals surface area (Å²) < 4.78 is 9.97. The fourth-order valence-electron chi connectivity index (χ4n) is 1.89. The van der Waals surface area contributed by atoms with Gasteiger partial charge in [0.25, 0.3) is 0 Å². The molecule has 1 unspecified atom stereocenters. The van der Waals surface area contributed by atoms with Crippen LogP contribution in [0.2, 0.25) is 0 Å². The number of carbonyl (C=O) groups is 1. The molecule has 0 aliphatic heterocycles. The van der Waals surface area contributed by atoms with Gasteiger partial charge in [-0.1, -0.05) is 5.16 Å². The van der Waals surface area contributed by atoms with Crippen LogP contribution in [0.3, 0.4) is 0 Å². The molecule has 2 N–H and O–H groups in total. The van der Waals surface area contributed by atoms with Gasteiger partial charge >= 0.3 is 0 Å². The molecule has 1 rings (SSSR count). The maximum Gasteiger partial charge on any atom is 0.220 e. The number of hydrogen-bond donors (Lipinski definition) is 2. The third kappa shape index (κ3) is 5.30. The molecule has 0 saturated heterocycles. The van der Waals surface area contributed by atoms with Crippen molar-refractivity contribution in [3.63, 3.8) is 0 Å². The molecule has 6 heteroatoms. The lowest BCUT2D eigenvalue weighted by Gasteiger charge is -2.23. The van der Waals surface area contributed by atoms with Gasteiger partial charge in [0.1, 0.15) is 5.76 Å². The lowest BCUT2D eigenvalue weighted by atomic mass is 10.0. The van der Waals surface area contributed by atoms with Gasteiger partial charge in [-0.3, -0.25) is 4.79 Å². The molecule has 0 spiro atoms. The highest BCUT2D eigenvalue weighted by Crippen LogP contribution is 2.14. The number of rotatable bonds is 8. The molecular formula is C14H24N2O4. The summed E-state index contributed by atoms with van der Waals surface area (Å²) in [7, 11) is 1.58. The number of carbonyl (C=O) groups excluding carboxylic acids is 1. The van der Waals surface area contributed by atoms with Gasteiger partial charge in [0, 0.05) is 38.7 Å². The van der Waals surface area contributed by atoms with Crippen LogP contribution in [0.5, 0.6) is 0 Å². The van der Waals surface area contributed by atoms with E-state index in [1.807, 2.05) is 13.8 Å². The number of aryl methyl sites for hydroxylation is 2. The summed E-state index contributed by atoms with van der Waals surface area (Å²) in [4.78, 5) is 11.8. The number of aromatic nitrogens is 1. The second kappa shape index (κ2) is 7.40. The van der Waals surface area contributed by atoms with Crippen LogP contribution in [0.4, 0.5) is 0 Å². The van der Waals surface area contributed by atoms with E-state index in [1.165, 1.54) is 0 Å². The normalized spacial score (nSPS) is 14.1. The summed E-state index contributed by atoms with van der Waals surface area (Å²) in [5.74, 6) is 0.657. The highest BCUT2D eigenvalue weighted by atomic mass is 16.5. The van der Waals surface area contributed by atoms with E-state index in [2.05, 4.69) is 10.5 Å². The first kappa shape index (κ1) is 16.7.